The zero-order valence-corrected chi connectivity index (χ0v) is 14.0. The maximum absolute atomic E-state index is 12.1. The Kier molecular flexibility index (Phi) is 7.06. The van der Waals surface area contributed by atoms with Crippen LogP contribution in [-0.4, -0.2) is 31.0 Å². The highest BCUT2D eigenvalue weighted by atomic mass is 16.5. The number of hydrogen-bond donors (Lipinski definition) is 3. The number of nitrogens with one attached hydrogen (secondary N) is 1. The smallest absolute Gasteiger partial charge is 0.248 e. The number of rotatable bonds is 8. The van der Waals surface area contributed by atoms with Crippen molar-refractivity contribution in [3.8, 4) is 5.75 Å². The predicted molar refractivity (Wildman–Crippen MR) is 92.6 cm³/mol. The van der Waals surface area contributed by atoms with E-state index in [0.717, 1.165) is 12.8 Å². The van der Waals surface area contributed by atoms with Crippen molar-refractivity contribution in [2.24, 2.45) is 17.4 Å². The molecule has 5 N–H and O–H groups in total. The maximum Gasteiger partial charge on any atom is 0.248 e. The van der Waals surface area contributed by atoms with Crippen molar-refractivity contribution in [1.82, 2.24) is 5.32 Å². The highest BCUT2D eigenvalue weighted by Gasteiger charge is 2.23. The van der Waals surface area contributed by atoms with Gasteiger partial charge in [-0.05, 0) is 43.0 Å². The lowest BCUT2D eigenvalue weighted by atomic mass is 9.84. The number of carbonyl (C=O) groups is 2. The molecule has 0 heterocycles. The third-order valence-corrected chi connectivity index (χ3v) is 4.56. The molecule has 1 aromatic carbocycles. The molecular formula is C18H27N3O3. The van der Waals surface area contributed by atoms with Crippen molar-refractivity contribution in [2.75, 3.05) is 13.2 Å². The summed E-state index contributed by atoms with van der Waals surface area (Å²) in [5.41, 5.74) is 11.4. The molecule has 24 heavy (non-hydrogen) atoms. The van der Waals surface area contributed by atoms with Crippen LogP contribution in [0.3, 0.4) is 0 Å². The summed E-state index contributed by atoms with van der Waals surface area (Å²) in [6.45, 7) is 0.759. The van der Waals surface area contributed by atoms with Gasteiger partial charge in [0.05, 0.1) is 13.0 Å². The van der Waals surface area contributed by atoms with Gasteiger partial charge in [-0.3, -0.25) is 9.59 Å². The molecule has 2 rings (SSSR count). The lowest BCUT2D eigenvalue weighted by molar-refractivity contribution is -0.122. The Balaban J connectivity index is 1.72. The number of carbonyl (C=O) groups excluding carboxylic acids is 2. The molecule has 6 nitrogen and oxygen atoms in total. The summed E-state index contributed by atoms with van der Waals surface area (Å²) in [4.78, 5) is 23.1. The Hall–Kier alpha value is -2.08. The fourth-order valence-electron chi connectivity index (χ4n) is 3.16. The molecular weight excluding hydrogens is 306 g/mol. The van der Waals surface area contributed by atoms with E-state index in [2.05, 4.69) is 5.32 Å². The predicted octanol–water partition coefficient (Wildman–Crippen LogP) is 1.58. The number of hydrogen-bond acceptors (Lipinski definition) is 4. The molecule has 0 aliphatic heterocycles. The van der Waals surface area contributed by atoms with Crippen LogP contribution in [0, 0.1) is 5.92 Å². The fourth-order valence-corrected chi connectivity index (χ4v) is 3.16. The zero-order valence-electron chi connectivity index (χ0n) is 14.0. The Bertz CT molecular complexity index is 539. The summed E-state index contributed by atoms with van der Waals surface area (Å²) in [5, 5.41) is 3.04. The van der Waals surface area contributed by atoms with Gasteiger partial charge >= 0.3 is 0 Å². The van der Waals surface area contributed by atoms with Gasteiger partial charge in [0, 0.05) is 18.2 Å². The van der Waals surface area contributed by atoms with Crippen LogP contribution >= 0.6 is 0 Å². The Labute approximate surface area is 142 Å². The summed E-state index contributed by atoms with van der Waals surface area (Å²) in [6.07, 6.45) is 6.30. The molecule has 1 unspecified atom stereocenters. The minimum atomic E-state index is -0.475. The minimum absolute atomic E-state index is 0.0372. The van der Waals surface area contributed by atoms with Gasteiger partial charge in [0.1, 0.15) is 5.75 Å². The van der Waals surface area contributed by atoms with Crippen LogP contribution in [0.1, 0.15) is 48.9 Å². The average Bonchev–Trinajstić information content (AvgIpc) is 2.61. The largest absolute Gasteiger partial charge is 0.493 e. The first kappa shape index (κ1) is 18.3. The summed E-state index contributed by atoms with van der Waals surface area (Å²) in [6, 6.07) is 6.61. The third-order valence-electron chi connectivity index (χ3n) is 4.56. The molecule has 2 amide bonds. The van der Waals surface area contributed by atoms with E-state index in [-0.39, 0.29) is 25.0 Å². The Morgan fingerprint density at radius 1 is 1.17 bits per heavy atom. The van der Waals surface area contributed by atoms with E-state index in [9.17, 15) is 9.59 Å². The van der Waals surface area contributed by atoms with Gasteiger partial charge in [-0.2, -0.15) is 0 Å². The van der Waals surface area contributed by atoms with E-state index in [1.165, 1.54) is 19.3 Å². The van der Waals surface area contributed by atoms with Gasteiger partial charge in [0.2, 0.25) is 11.8 Å². The first-order chi connectivity index (χ1) is 11.6. The van der Waals surface area contributed by atoms with Crippen LogP contribution < -0.4 is 21.5 Å². The molecule has 0 saturated heterocycles. The first-order valence-electron chi connectivity index (χ1n) is 8.62. The third kappa shape index (κ3) is 5.53. The summed E-state index contributed by atoms with van der Waals surface area (Å²) >= 11 is 0. The van der Waals surface area contributed by atoms with Crippen LogP contribution in [0.15, 0.2) is 24.3 Å². The second-order valence-electron chi connectivity index (χ2n) is 6.29. The molecule has 1 fully saturated rings. The molecule has 1 aliphatic carbocycles. The summed E-state index contributed by atoms with van der Waals surface area (Å²) in [7, 11) is 0. The molecule has 0 spiro atoms. The molecule has 0 aromatic heterocycles. The average molecular weight is 333 g/mol. The number of nitrogens with two attached hydrogens (primary N) is 2. The minimum Gasteiger partial charge on any atom is -0.493 e. The molecule has 1 aliphatic rings. The highest BCUT2D eigenvalue weighted by molar-refractivity contribution is 5.92. The van der Waals surface area contributed by atoms with Gasteiger partial charge in [0.25, 0.3) is 0 Å². The standard InChI is InChI=1S/C18H27N3O3/c19-12-16(13-4-2-1-3-5-13)21-17(22)10-11-24-15-8-6-14(7-9-15)18(20)23/h6-9,13,16H,1-5,10-12,19H2,(H2,20,23)(H,21,22). The number of primary amides is 1. The van der Waals surface area contributed by atoms with Crippen LogP contribution in [0.25, 0.3) is 0 Å². The van der Waals surface area contributed by atoms with Crippen molar-refractivity contribution >= 4 is 11.8 Å². The number of benzene rings is 1. The van der Waals surface area contributed by atoms with E-state index < -0.39 is 5.91 Å². The van der Waals surface area contributed by atoms with Crippen molar-refractivity contribution in [3.63, 3.8) is 0 Å². The quantitative estimate of drug-likeness (QED) is 0.671. The van der Waals surface area contributed by atoms with Gasteiger partial charge < -0.3 is 21.5 Å². The molecule has 1 saturated carbocycles. The van der Waals surface area contributed by atoms with E-state index in [1.807, 2.05) is 0 Å². The lowest BCUT2D eigenvalue weighted by Gasteiger charge is -2.30. The fraction of sp³-hybridized carbons (Fsp3) is 0.556. The van der Waals surface area contributed by atoms with E-state index in [1.54, 1.807) is 24.3 Å². The zero-order chi connectivity index (χ0) is 17.4. The van der Waals surface area contributed by atoms with E-state index in [0.29, 0.717) is 23.8 Å². The molecule has 1 aromatic rings. The lowest BCUT2D eigenvalue weighted by Crippen LogP contribution is -2.46. The van der Waals surface area contributed by atoms with Crippen LogP contribution in [0.5, 0.6) is 5.75 Å². The highest BCUT2D eigenvalue weighted by Crippen LogP contribution is 2.26. The van der Waals surface area contributed by atoms with Crippen LogP contribution in [0.4, 0.5) is 0 Å². The maximum atomic E-state index is 12.1. The van der Waals surface area contributed by atoms with E-state index in [4.69, 9.17) is 16.2 Å². The molecule has 132 valence electrons. The topological polar surface area (TPSA) is 107 Å². The van der Waals surface area contributed by atoms with Gasteiger partial charge in [-0.15, -0.1) is 0 Å². The van der Waals surface area contributed by atoms with Gasteiger partial charge in [-0.25, -0.2) is 0 Å². The Morgan fingerprint density at radius 3 is 2.42 bits per heavy atom. The SMILES string of the molecule is NCC(NC(=O)CCOc1ccc(C(N)=O)cc1)C1CCCCC1. The Morgan fingerprint density at radius 2 is 1.83 bits per heavy atom. The normalized spacial score (nSPS) is 16.4. The van der Waals surface area contributed by atoms with Crippen LogP contribution in [0.2, 0.25) is 0 Å². The van der Waals surface area contributed by atoms with Crippen molar-refractivity contribution in [3.05, 3.63) is 29.8 Å². The van der Waals surface area contributed by atoms with Crippen molar-refractivity contribution in [1.29, 1.82) is 0 Å². The van der Waals surface area contributed by atoms with Gasteiger partial charge in [-0.1, -0.05) is 19.3 Å². The molecule has 6 heteroatoms. The molecule has 1 atom stereocenters. The van der Waals surface area contributed by atoms with E-state index >= 15 is 0 Å². The monoisotopic (exact) mass is 333 g/mol. The first-order valence-corrected chi connectivity index (χ1v) is 8.62. The second kappa shape index (κ2) is 9.27. The van der Waals surface area contributed by atoms with Crippen molar-refractivity contribution in [2.45, 2.75) is 44.6 Å². The van der Waals surface area contributed by atoms with Gasteiger partial charge in [0.15, 0.2) is 0 Å². The number of ether oxygens (including phenoxy) is 1. The molecule has 0 bridgehead atoms. The summed E-state index contributed by atoms with van der Waals surface area (Å²) < 4.78 is 5.53. The number of amides is 2. The second-order valence-corrected chi connectivity index (χ2v) is 6.29. The molecule has 0 radical (unpaired) electrons. The van der Waals surface area contributed by atoms with Crippen LogP contribution in [-0.2, 0) is 4.79 Å². The van der Waals surface area contributed by atoms with Crippen molar-refractivity contribution < 1.29 is 14.3 Å². The summed E-state index contributed by atoms with van der Waals surface area (Å²) in [5.74, 6) is 0.590.